The SMILES string of the molecule is Cn1c(=O)n(Cc2ccc(CN3CCCC3=O)cc2)c2ccccc21. The third kappa shape index (κ3) is 2.86. The number of aromatic nitrogens is 2. The topological polar surface area (TPSA) is 47.2 Å². The molecule has 0 aliphatic carbocycles. The Hall–Kier alpha value is -2.82. The van der Waals surface area contributed by atoms with Crippen LogP contribution in [0.25, 0.3) is 11.0 Å². The first kappa shape index (κ1) is 15.7. The molecule has 0 saturated carbocycles. The molecule has 4 rings (SSSR count). The summed E-state index contributed by atoms with van der Waals surface area (Å²) in [7, 11) is 1.80. The maximum atomic E-state index is 12.5. The van der Waals surface area contributed by atoms with Gasteiger partial charge in [0.2, 0.25) is 5.91 Å². The van der Waals surface area contributed by atoms with Gasteiger partial charge in [0.1, 0.15) is 0 Å². The minimum atomic E-state index is -0.00654. The van der Waals surface area contributed by atoms with E-state index in [9.17, 15) is 9.59 Å². The highest BCUT2D eigenvalue weighted by Crippen LogP contribution is 2.16. The van der Waals surface area contributed by atoms with Crippen molar-refractivity contribution in [3.63, 3.8) is 0 Å². The fraction of sp³-hybridized carbons (Fsp3) is 0.300. The van der Waals surface area contributed by atoms with Gasteiger partial charge in [0, 0.05) is 26.6 Å². The molecule has 1 aliphatic heterocycles. The number of hydrogen-bond acceptors (Lipinski definition) is 2. The number of fused-ring (bicyclic) bond motifs is 1. The highest BCUT2D eigenvalue weighted by molar-refractivity contribution is 5.78. The molecule has 25 heavy (non-hydrogen) atoms. The minimum absolute atomic E-state index is 0.00654. The number of rotatable bonds is 4. The van der Waals surface area contributed by atoms with E-state index in [1.54, 1.807) is 16.2 Å². The van der Waals surface area contributed by atoms with E-state index in [0.717, 1.165) is 35.1 Å². The average molecular weight is 335 g/mol. The van der Waals surface area contributed by atoms with E-state index >= 15 is 0 Å². The van der Waals surface area contributed by atoms with Crippen molar-refractivity contribution in [2.24, 2.45) is 7.05 Å². The Kier molecular flexibility index (Phi) is 3.92. The van der Waals surface area contributed by atoms with E-state index in [0.29, 0.717) is 19.5 Å². The molecular formula is C20H21N3O2. The van der Waals surface area contributed by atoms with Crippen LogP contribution in [-0.2, 0) is 24.9 Å². The van der Waals surface area contributed by atoms with E-state index in [4.69, 9.17) is 0 Å². The molecule has 2 heterocycles. The molecule has 1 fully saturated rings. The second kappa shape index (κ2) is 6.24. The Balaban J connectivity index is 1.57. The van der Waals surface area contributed by atoms with Crippen molar-refractivity contribution in [1.29, 1.82) is 0 Å². The van der Waals surface area contributed by atoms with Crippen LogP contribution in [0.2, 0.25) is 0 Å². The number of imidazole rings is 1. The Bertz CT molecular complexity index is 982. The highest BCUT2D eigenvalue weighted by atomic mass is 16.2. The first-order valence-electron chi connectivity index (χ1n) is 8.63. The number of likely N-dealkylation sites (tertiary alicyclic amines) is 1. The van der Waals surface area contributed by atoms with Crippen LogP contribution in [0, 0.1) is 0 Å². The average Bonchev–Trinajstić information content (AvgIpc) is 3.14. The summed E-state index contributed by atoms with van der Waals surface area (Å²) in [5.74, 6) is 0.242. The van der Waals surface area contributed by atoms with Crippen molar-refractivity contribution < 1.29 is 4.79 Å². The van der Waals surface area contributed by atoms with Gasteiger partial charge in [0.15, 0.2) is 0 Å². The zero-order valence-corrected chi connectivity index (χ0v) is 14.3. The fourth-order valence-electron chi connectivity index (χ4n) is 3.54. The first-order chi connectivity index (χ1) is 12.1. The maximum Gasteiger partial charge on any atom is 0.329 e. The van der Waals surface area contributed by atoms with Crippen LogP contribution in [0.5, 0.6) is 0 Å². The van der Waals surface area contributed by atoms with Gasteiger partial charge in [-0.1, -0.05) is 36.4 Å². The lowest BCUT2D eigenvalue weighted by atomic mass is 10.1. The number of nitrogens with zero attached hydrogens (tertiary/aromatic N) is 3. The number of para-hydroxylation sites is 2. The molecule has 0 unspecified atom stereocenters. The van der Waals surface area contributed by atoms with Crippen molar-refractivity contribution in [2.45, 2.75) is 25.9 Å². The molecule has 0 atom stereocenters. The number of amides is 1. The lowest BCUT2D eigenvalue weighted by Crippen LogP contribution is -2.24. The van der Waals surface area contributed by atoms with E-state index in [1.165, 1.54) is 0 Å². The smallest absolute Gasteiger partial charge is 0.329 e. The lowest BCUT2D eigenvalue weighted by Gasteiger charge is -2.15. The molecular weight excluding hydrogens is 314 g/mol. The normalized spacial score (nSPS) is 14.6. The van der Waals surface area contributed by atoms with E-state index < -0.39 is 0 Å². The first-order valence-corrected chi connectivity index (χ1v) is 8.63. The third-order valence-electron chi connectivity index (χ3n) is 4.96. The molecule has 1 amide bonds. The van der Waals surface area contributed by atoms with Gasteiger partial charge in [-0.15, -0.1) is 0 Å². The quantitative estimate of drug-likeness (QED) is 0.735. The monoisotopic (exact) mass is 335 g/mol. The predicted octanol–water partition coefficient (Wildman–Crippen LogP) is 2.51. The number of hydrogen-bond donors (Lipinski definition) is 0. The van der Waals surface area contributed by atoms with E-state index in [1.807, 2.05) is 41.3 Å². The third-order valence-corrected chi connectivity index (χ3v) is 4.96. The van der Waals surface area contributed by atoms with Gasteiger partial charge in [0.05, 0.1) is 17.6 Å². The molecule has 1 aliphatic rings. The van der Waals surface area contributed by atoms with Gasteiger partial charge >= 0.3 is 5.69 Å². The summed E-state index contributed by atoms with van der Waals surface area (Å²) in [5, 5.41) is 0. The van der Waals surface area contributed by atoms with Crippen LogP contribution < -0.4 is 5.69 Å². The summed E-state index contributed by atoms with van der Waals surface area (Å²) in [6.07, 6.45) is 1.63. The van der Waals surface area contributed by atoms with Gasteiger partial charge in [-0.25, -0.2) is 4.79 Å². The van der Waals surface area contributed by atoms with Gasteiger partial charge < -0.3 is 4.90 Å². The fourth-order valence-corrected chi connectivity index (χ4v) is 3.54. The molecule has 1 saturated heterocycles. The Morgan fingerprint density at radius 2 is 1.52 bits per heavy atom. The molecule has 3 aromatic rings. The molecule has 5 heteroatoms. The zero-order chi connectivity index (χ0) is 17.4. The Labute approximate surface area is 146 Å². The van der Waals surface area contributed by atoms with E-state index in [-0.39, 0.29) is 11.6 Å². The minimum Gasteiger partial charge on any atom is -0.338 e. The molecule has 0 N–H and O–H groups in total. The summed E-state index contributed by atoms with van der Waals surface area (Å²) in [4.78, 5) is 26.2. The summed E-state index contributed by atoms with van der Waals surface area (Å²) in [6, 6.07) is 16.0. The zero-order valence-electron chi connectivity index (χ0n) is 14.3. The Morgan fingerprint density at radius 3 is 2.16 bits per heavy atom. The highest BCUT2D eigenvalue weighted by Gasteiger charge is 2.19. The van der Waals surface area contributed by atoms with Crippen molar-refractivity contribution in [2.75, 3.05) is 6.54 Å². The van der Waals surface area contributed by atoms with Gasteiger partial charge in [-0.05, 0) is 29.7 Å². The summed E-state index contributed by atoms with van der Waals surface area (Å²) < 4.78 is 3.48. The standard InChI is InChI=1S/C20H21N3O2/c1-21-17-5-2-3-6-18(17)23(20(21)25)14-16-10-8-15(9-11-16)13-22-12-4-7-19(22)24/h2-3,5-6,8-11H,4,7,12-14H2,1H3. The Morgan fingerprint density at radius 1 is 0.880 bits per heavy atom. The second-order valence-electron chi connectivity index (χ2n) is 6.65. The molecule has 2 aromatic carbocycles. The number of carbonyl (C=O) groups is 1. The lowest BCUT2D eigenvalue weighted by molar-refractivity contribution is -0.128. The predicted molar refractivity (Wildman–Crippen MR) is 97.4 cm³/mol. The largest absolute Gasteiger partial charge is 0.338 e. The van der Waals surface area contributed by atoms with Gasteiger partial charge in [-0.2, -0.15) is 0 Å². The molecule has 0 radical (unpaired) electrons. The molecule has 1 aromatic heterocycles. The van der Waals surface area contributed by atoms with Crippen molar-refractivity contribution >= 4 is 16.9 Å². The van der Waals surface area contributed by atoms with Gasteiger partial charge in [-0.3, -0.25) is 13.9 Å². The van der Waals surface area contributed by atoms with Crippen LogP contribution in [0.3, 0.4) is 0 Å². The van der Waals surface area contributed by atoms with Crippen LogP contribution in [0.15, 0.2) is 53.3 Å². The number of carbonyl (C=O) groups excluding carboxylic acids is 1. The number of aryl methyl sites for hydroxylation is 1. The second-order valence-corrected chi connectivity index (χ2v) is 6.65. The number of benzene rings is 2. The van der Waals surface area contributed by atoms with Crippen molar-refractivity contribution in [1.82, 2.24) is 14.0 Å². The molecule has 5 nitrogen and oxygen atoms in total. The summed E-state index contributed by atoms with van der Waals surface area (Å²) >= 11 is 0. The molecule has 0 spiro atoms. The van der Waals surface area contributed by atoms with E-state index in [2.05, 4.69) is 12.1 Å². The van der Waals surface area contributed by atoms with Crippen LogP contribution in [0.1, 0.15) is 24.0 Å². The molecule has 128 valence electrons. The van der Waals surface area contributed by atoms with Crippen LogP contribution in [0.4, 0.5) is 0 Å². The summed E-state index contributed by atoms with van der Waals surface area (Å²) in [5.41, 5.74) is 4.09. The van der Waals surface area contributed by atoms with Crippen LogP contribution >= 0.6 is 0 Å². The van der Waals surface area contributed by atoms with Gasteiger partial charge in [0.25, 0.3) is 0 Å². The van der Waals surface area contributed by atoms with Crippen molar-refractivity contribution in [3.8, 4) is 0 Å². The van der Waals surface area contributed by atoms with Crippen LogP contribution in [-0.4, -0.2) is 26.5 Å². The summed E-state index contributed by atoms with van der Waals surface area (Å²) in [6.45, 7) is 2.07. The maximum absolute atomic E-state index is 12.5. The molecule has 0 bridgehead atoms. The van der Waals surface area contributed by atoms with Crippen molar-refractivity contribution in [3.05, 3.63) is 70.1 Å².